The van der Waals surface area contributed by atoms with Gasteiger partial charge in [-0.3, -0.25) is 0 Å². The molecule has 1 atom stereocenters. The van der Waals surface area contributed by atoms with Crippen molar-refractivity contribution in [3.05, 3.63) is 63.1 Å². The smallest absolute Gasteiger partial charge is 0.124 e. The Hall–Kier alpha value is -1.03. The summed E-state index contributed by atoms with van der Waals surface area (Å²) in [6, 6.07) is 13.5. The summed E-state index contributed by atoms with van der Waals surface area (Å²) in [6.07, 6.45) is 0. The van der Waals surface area contributed by atoms with E-state index in [4.69, 9.17) is 22.1 Å². The predicted molar refractivity (Wildman–Crippen MR) is 82.5 cm³/mol. The maximum Gasteiger partial charge on any atom is 0.124 e. The summed E-state index contributed by atoms with van der Waals surface area (Å²) in [5, 5.41) is 0.688. The monoisotopic (exact) mass is 339 g/mol. The number of rotatable bonds is 4. The summed E-state index contributed by atoms with van der Waals surface area (Å²) in [5.41, 5.74) is 7.87. The van der Waals surface area contributed by atoms with E-state index in [2.05, 4.69) is 15.9 Å². The summed E-state index contributed by atoms with van der Waals surface area (Å²) >= 11 is 9.54. The highest BCUT2D eigenvalue weighted by molar-refractivity contribution is 9.10. The third-order valence-electron chi connectivity index (χ3n) is 2.81. The Kier molecular flexibility index (Phi) is 4.86. The average Bonchev–Trinajstić information content (AvgIpc) is 2.38. The van der Waals surface area contributed by atoms with Gasteiger partial charge in [0.15, 0.2) is 0 Å². The van der Waals surface area contributed by atoms with Crippen LogP contribution in [0.1, 0.15) is 24.1 Å². The molecule has 1 unspecified atom stereocenters. The third-order valence-corrected chi connectivity index (χ3v) is 3.65. The third kappa shape index (κ3) is 3.72. The quantitative estimate of drug-likeness (QED) is 0.875. The van der Waals surface area contributed by atoms with Gasteiger partial charge in [0.2, 0.25) is 0 Å². The molecule has 2 rings (SSSR count). The molecule has 0 saturated heterocycles. The van der Waals surface area contributed by atoms with Crippen LogP contribution >= 0.6 is 27.5 Å². The molecule has 2 aromatic rings. The zero-order chi connectivity index (χ0) is 13.8. The molecule has 0 saturated carbocycles. The Labute approximate surface area is 126 Å². The molecule has 0 aromatic heterocycles. The van der Waals surface area contributed by atoms with Crippen LogP contribution in [0.2, 0.25) is 5.02 Å². The number of benzene rings is 2. The second-order valence-corrected chi connectivity index (χ2v) is 5.67. The van der Waals surface area contributed by atoms with Crippen molar-refractivity contribution >= 4 is 27.5 Å². The van der Waals surface area contributed by atoms with Crippen LogP contribution in [0.3, 0.4) is 0 Å². The van der Waals surface area contributed by atoms with E-state index in [9.17, 15) is 0 Å². The van der Waals surface area contributed by atoms with Crippen molar-refractivity contribution in [1.29, 1.82) is 0 Å². The van der Waals surface area contributed by atoms with Gasteiger partial charge in [-0.05, 0) is 25.1 Å². The fourth-order valence-corrected chi connectivity index (χ4v) is 2.51. The van der Waals surface area contributed by atoms with Gasteiger partial charge in [0.05, 0.1) is 0 Å². The van der Waals surface area contributed by atoms with Crippen LogP contribution in [0.15, 0.2) is 46.9 Å². The van der Waals surface area contributed by atoms with Crippen molar-refractivity contribution in [2.24, 2.45) is 5.73 Å². The molecule has 0 bridgehead atoms. The van der Waals surface area contributed by atoms with Gasteiger partial charge >= 0.3 is 0 Å². The van der Waals surface area contributed by atoms with Crippen LogP contribution in [0.5, 0.6) is 5.75 Å². The largest absolute Gasteiger partial charge is 0.489 e. The lowest BCUT2D eigenvalue weighted by Gasteiger charge is -2.14. The van der Waals surface area contributed by atoms with E-state index in [-0.39, 0.29) is 6.04 Å². The molecule has 0 aliphatic rings. The number of ether oxygens (including phenoxy) is 1. The number of hydrogen-bond acceptors (Lipinski definition) is 2. The second kappa shape index (κ2) is 6.42. The molecule has 0 aliphatic carbocycles. The van der Waals surface area contributed by atoms with Crippen LogP contribution in [0.25, 0.3) is 0 Å². The summed E-state index contributed by atoms with van der Waals surface area (Å²) in [7, 11) is 0. The zero-order valence-corrected chi connectivity index (χ0v) is 12.9. The molecule has 19 heavy (non-hydrogen) atoms. The normalized spacial score (nSPS) is 12.2. The fraction of sp³-hybridized carbons (Fsp3) is 0.200. The number of para-hydroxylation sites is 1. The molecule has 0 aliphatic heterocycles. The van der Waals surface area contributed by atoms with Crippen molar-refractivity contribution in [3.8, 4) is 5.75 Å². The van der Waals surface area contributed by atoms with Crippen molar-refractivity contribution < 1.29 is 4.74 Å². The highest BCUT2D eigenvalue weighted by Gasteiger charge is 2.08. The van der Waals surface area contributed by atoms with Crippen LogP contribution in [0.4, 0.5) is 0 Å². The molecule has 0 fully saturated rings. The highest BCUT2D eigenvalue weighted by Crippen LogP contribution is 2.26. The van der Waals surface area contributed by atoms with Crippen LogP contribution in [-0.4, -0.2) is 0 Å². The molecule has 2 N–H and O–H groups in total. The molecule has 0 heterocycles. The summed E-state index contributed by atoms with van der Waals surface area (Å²) in [4.78, 5) is 0. The van der Waals surface area contributed by atoms with Gasteiger partial charge in [0.25, 0.3) is 0 Å². The van der Waals surface area contributed by atoms with Crippen molar-refractivity contribution in [3.63, 3.8) is 0 Å². The molecule has 100 valence electrons. The highest BCUT2D eigenvalue weighted by atomic mass is 79.9. The van der Waals surface area contributed by atoms with Gasteiger partial charge in [-0.25, -0.2) is 0 Å². The lowest BCUT2D eigenvalue weighted by Crippen LogP contribution is -2.08. The first-order chi connectivity index (χ1) is 9.08. The average molecular weight is 341 g/mol. The molecular weight excluding hydrogens is 326 g/mol. The minimum absolute atomic E-state index is 0.0587. The maximum absolute atomic E-state index is 6.16. The number of hydrogen-bond donors (Lipinski definition) is 1. The van der Waals surface area contributed by atoms with Gasteiger partial charge in [0.1, 0.15) is 12.4 Å². The standard InChI is InChI=1S/C15H15BrClNO/c1-10(18)13-4-2-3-5-15(13)19-9-11-6-7-12(16)8-14(11)17/h2-8,10H,9,18H2,1H3. The second-order valence-electron chi connectivity index (χ2n) is 4.35. The Balaban J connectivity index is 2.14. The topological polar surface area (TPSA) is 35.2 Å². The molecule has 4 heteroatoms. The van der Waals surface area contributed by atoms with Gasteiger partial charge in [0, 0.05) is 26.7 Å². The van der Waals surface area contributed by atoms with Gasteiger partial charge in [-0.2, -0.15) is 0 Å². The first-order valence-corrected chi connectivity index (χ1v) is 7.16. The number of halogens is 2. The first kappa shape index (κ1) is 14.4. The predicted octanol–water partition coefficient (Wildman–Crippen LogP) is 4.70. The van der Waals surface area contributed by atoms with Crippen LogP contribution < -0.4 is 10.5 Å². The minimum atomic E-state index is -0.0587. The molecule has 2 aromatic carbocycles. The molecule has 0 amide bonds. The van der Waals surface area contributed by atoms with E-state index in [1.54, 1.807) is 0 Å². The number of nitrogens with two attached hydrogens (primary N) is 1. The van der Waals surface area contributed by atoms with Gasteiger partial charge in [-0.15, -0.1) is 0 Å². The van der Waals surface area contributed by atoms with E-state index in [0.717, 1.165) is 21.3 Å². The van der Waals surface area contributed by atoms with Gasteiger partial charge < -0.3 is 10.5 Å². The summed E-state index contributed by atoms with van der Waals surface area (Å²) in [6.45, 7) is 2.37. The minimum Gasteiger partial charge on any atom is -0.489 e. The van der Waals surface area contributed by atoms with Gasteiger partial charge in [-0.1, -0.05) is 51.8 Å². The summed E-state index contributed by atoms with van der Waals surface area (Å²) < 4.78 is 6.78. The Morgan fingerprint density at radius 1 is 1.26 bits per heavy atom. The Morgan fingerprint density at radius 2 is 2.00 bits per heavy atom. The SMILES string of the molecule is CC(N)c1ccccc1OCc1ccc(Br)cc1Cl. The fourth-order valence-electron chi connectivity index (χ4n) is 1.78. The zero-order valence-electron chi connectivity index (χ0n) is 10.6. The molecule has 0 radical (unpaired) electrons. The molecular formula is C15H15BrClNO. The summed E-state index contributed by atoms with van der Waals surface area (Å²) in [5.74, 6) is 0.802. The lowest BCUT2D eigenvalue weighted by atomic mass is 10.1. The first-order valence-electron chi connectivity index (χ1n) is 5.99. The lowest BCUT2D eigenvalue weighted by molar-refractivity contribution is 0.301. The Morgan fingerprint density at radius 3 is 2.68 bits per heavy atom. The van der Waals surface area contributed by atoms with Crippen molar-refractivity contribution in [2.45, 2.75) is 19.6 Å². The van der Waals surface area contributed by atoms with Crippen LogP contribution in [0, 0.1) is 0 Å². The van der Waals surface area contributed by atoms with Crippen LogP contribution in [-0.2, 0) is 6.61 Å². The Bertz CT molecular complexity index is 572. The van der Waals surface area contributed by atoms with E-state index < -0.39 is 0 Å². The van der Waals surface area contributed by atoms with E-state index in [1.807, 2.05) is 49.4 Å². The van der Waals surface area contributed by atoms with Crippen molar-refractivity contribution in [1.82, 2.24) is 0 Å². The maximum atomic E-state index is 6.16. The van der Waals surface area contributed by atoms with Crippen molar-refractivity contribution in [2.75, 3.05) is 0 Å². The molecule has 0 spiro atoms. The molecule has 2 nitrogen and oxygen atoms in total. The van der Waals surface area contributed by atoms with E-state index >= 15 is 0 Å². The van der Waals surface area contributed by atoms with E-state index in [1.165, 1.54) is 0 Å². The van der Waals surface area contributed by atoms with E-state index in [0.29, 0.717) is 11.6 Å².